The fourth-order valence-corrected chi connectivity index (χ4v) is 3.93. The quantitative estimate of drug-likeness (QED) is 0.318. The van der Waals surface area contributed by atoms with Crippen molar-refractivity contribution >= 4 is 23.7 Å². The van der Waals surface area contributed by atoms with Crippen LogP contribution in [0.1, 0.15) is 45.2 Å². The molecule has 1 fully saturated rings. The summed E-state index contributed by atoms with van der Waals surface area (Å²) in [5.41, 5.74) is 2.73. The van der Waals surface area contributed by atoms with Crippen molar-refractivity contribution in [2.75, 3.05) is 4.90 Å². The molecule has 0 saturated carbocycles. The molecule has 0 spiro atoms. The third-order valence-electron chi connectivity index (χ3n) is 5.51. The summed E-state index contributed by atoms with van der Waals surface area (Å²) in [4.78, 5) is 38.2. The first-order valence-corrected chi connectivity index (χ1v) is 9.80. The first kappa shape index (κ1) is 19.7. The molecule has 1 amide bonds. The Labute approximate surface area is 174 Å². The molecule has 150 valence electrons. The second kappa shape index (κ2) is 8.41. The van der Waals surface area contributed by atoms with E-state index >= 15 is 0 Å². The molecule has 5 heteroatoms. The summed E-state index contributed by atoms with van der Waals surface area (Å²) >= 11 is 0. The Hall–Kier alpha value is -3.60. The van der Waals surface area contributed by atoms with Crippen molar-refractivity contribution in [3.63, 3.8) is 0 Å². The average Bonchev–Trinajstić information content (AvgIpc) is 2.78. The Kier molecular flexibility index (Phi) is 5.53. The Morgan fingerprint density at radius 2 is 1.60 bits per heavy atom. The van der Waals surface area contributed by atoms with Gasteiger partial charge in [0.15, 0.2) is 5.78 Å². The topological polar surface area (TPSA) is 54.5 Å². The van der Waals surface area contributed by atoms with Gasteiger partial charge in [0.1, 0.15) is 12.1 Å². The number of β-lactam (4-membered cyclic amide) rings is 1. The van der Waals surface area contributed by atoms with Gasteiger partial charge in [0.05, 0.1) is 12.0 Å². The van der Waals surface area contributed by atoms with Crippen LogP contribution in [-0.2, 0) is 4.79 Å². The summed E-state index contributed by atoms with van der Waals surface area (Å²) in [6.45, 7) is 0. The largest absolute Gasteiger partial charge is 0.304 e. The lowest BCUT2D eigenvalue weighted by Gasteiger charge is -2.47. The van der Waals surface area contributed by atoms with E-state index in [0.29, 0.717) is 17.5 Å². The molecule has 0 bridgehead atoms. The van der Waals surface area contributed by atoms with Crippen LogP contribution in [0.3, 0.4) is 0 Å². The molecule has 1 aliphatic heterocycles. The first-order valence-electron chi connectivity index (χ1n) is 9.80. The highest BCUT2D eigenvalue weighted by Gasteiger charge is 2.48. The third-order valence-corrected chi connectivity index (χ3v) is 5.51. The summed E-state index contributed by atoms with van der Waals surface area (Å²) in [7, 11) is 0. The van der Waals surface area contributed by atoms with Crippen LogP contribution in [0.15, 0.2) is 78.9 Å². The van der Waals surface area contributed by atoms with Crippen LogP contribution in [0.4, 0.5) is 10.1 Å². The molecule has 0 aliphatic carbocycles. The van der Waals surface area contributed by atoms with E-state index < -0.39 is 5.82 Å². The standard InChI is InChI=1S/C25H20FNO3/c26-20-12-10-18(11-13-20)23(29)15-14-22-24(19-8-6-17(16-28)7-9-19)27(25(22)30)21-4-2-1-3-5-21/h1-13,16,22,24H,14-15H2/t22-,24-/m1/s1. The number of carbonyl (C=O) groups is 3. The van der Waals surface area contributed by atoms with E-state index in [0.717, 1.165) is 17.5 Å². The van der Waals surface area contributed by atoms with E-state index in [2.05, 4.69) is 0 Å². The molecule has 4 rings (SSSR count). The molecule has 0 radical (unpaired) electrons. The molecule has 30 heavy (non-hydrogen) atoms. The van der Waals surface area contributed by atoms with Crippen LogP contribution in [0.2, 0.25) is 0 Å². The van der Waals surface area contributed by atoms with Crippen molar-refractivity contribution in [1.82, 2.24) is 0 Å². The van der Waals surface area contributed by atoms with Crippen molar-refractivity contribution in [3.8, 4) is 0 Å². The molecule has 3 aromatic carbocycles. The SMILES string of the molecule is O=Cc1ccc([C@@H]2[C@@H](CCC(=O)c3ccc(F)cc3)C(=O)N2c2ccccc2)cc1. The van der Waals surface area contributed by atoms with Gasteiger partial charge in [-0.1, -0.05) is 42.5 Å². The minimum absolute atomic E-state index is 0.0300. The maximum absolute atomic E-state index is 13.1. The molecule has 1 heterocycles. The second-order valence-corrected chi connectivity index (χ2v) is 7.35. The van der Waals surface area contributed by atoms with Gasteiger partial charge in [-0.15, -0.1) is 0 Å². The zero-order valence-corrected chi connectivity index (χ0v) is 16.2. The van der Waals surface area contributed by atoms with Gasteiger partial charge in [0, 0.05) is 23.2 Å². The Balaban J connectivity index is 1.55. The van der Waals surface area contributed by atoms with Crippen molar-refractivity contribution in [3.05, 3.63) is 101 Å². The normalized spacial score (nSPS) is 18.0. The van der Waals surface area contributed by atoms with Gasteiger partial charge in [0.25, 0.3) is 0 Å². The molecule has 4 nitrogen and oxygen atoms in total. The smallest absolute Gasteiger partial charge is 0.233 e. The van der Waals surface area contributed by atoms with Crippen LogP contribution in [0, 0.1) is 11.7 Å². The van der Waals surface area contributed by atoms with Crippen molar-refractivity contribution in [2.45, 2.75) is 18.9 Å². The minimum atomic E-state index is -0.391. The number of anilines is 1. The number of aldehydes is 1. The van der Waals surface area contributed by atoms with E-state index in [1.54, 1.807) is 17.0 Å². The molecule has 0 aromatic heterocycles. The number of nitrogens with zero attached hydrogens (tertiary/aromatic N) is 1. The van der Waals surface area contributed by atoms with E-state index in [9.17, 15) is 18.8 Å². The predicted molar refractivity (Wildman–Crippen MR) is 112 cm³/mol. The number of Topliss-reactive ketones (excluding diaryl/α,β-unsaturated/α-hetero) is 1. The molecule has 1 saturated heterocycles. The third kappa shape index (κ3) is 3.79. The number of benzene rings is 3. The number of halogens is 1. The number of ketones is 1. The number of para-hydroxylation sites is 1. The molecular weight excluding hydrogens is 381 g/mol. The highest BCUT2D eigenvalue weighted by atomic mass is 19.1. The number of hydrogen-bond donors (Lipinski definition) is 0. The predicted octanol–water partition coefficient (Wildman–Crippen LogP) is 5.01. The fourth-order valence-electron chi connectivity index (χ4n) is 3.93. The first-order chi connectivity index (χ1) is 14.6. The molecule has 1 aliphatic rings. The number of hydrogen-bond acceptors (Lipinski definition) is 3. The summed E-state index contributed by atoms with van der Waals surface area (Å²) in [5, 5.41) is 0. The zero-order valence-electron chi connectivity index (χ0n) is 16.2. The van der Waals surface area contributed by atoms with Gasteiger partial charge in [-0.3, -0.25) is 14.4 Å². The summed E-state index contributed by atoms with van der Waals surface area (Å²) in [6, 6.07) is 21.8. The lowest BCUT2D eigenvalue weighted by molar-refractivity contribution is -0.130. The van der Waals surface area contributed by atoms with E-state index in [4.69, 9.17) is 0 Å². The zero-order chi connectivity index (χ0) is 21.1. The molecule has 0 N–H and O–H groups in total. The Morgan fingerprint density at radius 1 is 0.933 bits per heavy atom. The second-order valence-electron chi connectivity index (χ2n) is 7.35. The monoisotopic (exact) mass is 401 g/mol. The number of amides is 1. The van der Waals surface area contributed by atoms with E-state index in [1.165, 1.54) is 24.3 Å². The highest BCUT2D eigenvalue weighted by Crippen LogP contribution is 2.45. The van der Waals surface area contributed by atoms with Gasteiger partial charge in [-0.2, -0.15) is 0 Å². The van der Waals surface area contributed by atoms with Crippen molar-refractivity contribution in [1.29, 1.82) is 0 Å². The molecular formula is C25H20FNO3. The molecule has 0 unspecified atom stereocenters. The fraction of sp³-hybridized carbons (Fsp3) is 0.160. The Morgan fingerprint density at radius 3 is 2.23 bits per heavy atom. The summed E-state index contributed by atoms with van der Waals surface area (Å²) in [6.07, 6.45) is 1.38. The van der Waals surface area contributed by atoms with Gasteiger partial charge in [-0.05, 0) is 48.4 Å². The number of rotatable bonds is 7. The molecule has 3 aromatic rings. The van der Waals surface area contributed by atoms with Crippen LogP contribution >= 0.6 is 0 Å². The van der Waals surface area contributed by atoms with Crippen molar-refractivity contribution < 1.29 is 18.8 Å². The lowest BCUT2D eigenvalue weighted by atomic mass is 9.78. The maximum atomic E-state index is 13.1. The average molecular weight is 401 g/mol. The van der Waals surface area contributed by atoms with E-state index in [-0.39, 0.29) is 30.1 Å². The van der Waals surface area contributed by atoms with E-state index in [1.807, 2.05) is 42.5 Å². The number of carbonyl (C=O) groups excluding carboxylic acids is 3. The lowest BCUT2D eigenvalue weighted by Crippen LogP contribution is -2.55. The van der Waals surface area contributed by atoms with Gasteiger partial charge < -0.3 is 4.90 Å². The van der Waals surface area contributed by atoms with Crippen LogP contribution in [0.25, 0.3) is 0 Å². The summed E-state index contributed by atoms with van der Waals surface area (Å²) < 4.78 is 13.1. The van der Waals surface area contributed by atoms with Crippen LogP contribution in [-0.4, -0.2) is 18.0 Å². The summed E-state index contributed by atoms with van der Waals surface area (Å²) in [5.74, 6) is -0.872. The van der Waals surface area contributed by atoms with Gasteiger partial charge >= 0.3 is 0 Å². The van der Waals surface area contributed by atoms with Crippen molar-refractivity contribution in [2.24, 2.45) is 5.92 Å². The van der Waals surface area contributed by atoms with Gasteiger partial charge in [0.2, 0.25) is 5.91 Å². The minimum Gasteiger partial charge on any atom is -0.304 e. The van der Waals surface area contributed by atoms with Crippen LogP contribution < -0.4 is 4.90 Å². The van der Waals surface area contributed by atoms with Crippen LogP contribution in [0.5, 0.6) is 0 Å². The Bertz CT molecular complexity index is 1060. The maximum Gasteiger partial charge on any atom is 0.233 e. The molecule has 2 atom stereocenters. The highest BCUT2D eigenvalue weighted by molar-refractivity contribution is 6.04. The van der Waals surface area contributed by atoms with Gasteiger partial charge in [-0.25, -0.2) is 4.39 Å².